The van der Waals surface area contributed by atoms with Crippen molar-refractivity contribution in [2.24, 2.45) is 7.05 Å². The van der Waals surface area contributed by atoms with E-state index < -0.39 is 22.8 Å². The maximum atomic E-state index is 12.1. The third-order valence-electron chi connectivity index (χ3n) is 3.83. The molecule has 10 heteroatoms. The van der Waals surface area contributed by atoms with E-state index >= 15 is 0 Å². The van der Waals surface area contributed by atoms with Gasteiger partial charge in [-0.25, -0.2) is 9.78 Å². The van der Waals surface area contributed by atoms with Gasteiger partial charge in [0.05, 0.1) is 0 Å². The molecule has 25 heavy (non-hydrogen) atoms. The van der Waals surface area contributed by atoms with E-state index in [4.69, 9.17) is 5.11 Å². The highest BCUT2D eigenvalue weighted by atomic mass is 16.4. The minimum Gasteiger partial charge on any atom is -0.481 e. The van der Waals surface area contributed by atoms with Crippen molar-refractivity contribution in [1.29, 1.82) is 0 Å². The number of carbonyl (C=O) groups excluding carboxylic acids is 1. The van der Waals surface area contributed by atoms with Crippen molar-refractivity contribution in [1.82, 2.24) is 24.8 Å². The Morgan fingerprint density at radius 1 is 1.24 bits per heavy atom. The number of aliphatic carboxylic acids is 1. The number of aryl methyl sites for hydroxylation is 2. The molecule has 4 N–H and O–H groups in total. The Kier molecular flexibility index (Phi) is 5.10. The Labute approximate surface area is 142 Å². The fourth-order valence-corrected chi connectivity index (χ4v) is 2.42. The van der Waals surface area contributed by atoms with Crippen LogP contribution in [0.2, 0.25) is 0 Å². The summed E-state index contributed by atoms with van der Waals surface area (Å²) in [6.45, 7) is 3.51. The molecule has 2 aromatic rings. The van der Waals surface area contributed by atoms with E-state index in [2.05, 4.69) is 20.3 Å². The number of aromatic nitrogens is 4. The van der Waals surface area contributed by atoms with Gasteiger partial charge in [0.15, 0.2) is 5.65 Å². The highest BCUT2D eigenvalue weighted by molar-refractivity contribution is 5.77. The van der Waals surface area contributed by atoms with Gasteiger partial charge < -0.3 is 15.4 Å². The van der Waals surface area contributed by atoms with Crippen molar-refractivity contribution < 1.29 is 14.7 Å². The summed E-state index contributed by atoms with van der Waals surface area (Å²) in [4.78, 5) is 55.2. The van der Waals surface area contributed by atoms with Crippen molar-refractivity contribution >= 4 is 23.0 Å². The molecule has 1 amide bonds. The smallest absolute Gasteiger partial charge is 0.329 e. The van der Waals surface area contributed by atoms with Gasteiger partial charge in [-0.3, -0.25) is 23.9 Å². The maximum Gasteiger partial charge on any atom is 0.329 e. The van der Waals surface area contributed by atoms with Gasteiger partial charge in [-0.15, -0.1) is 0 Å². The number of hydrogen-bond acceptors (Lipinski definition) is 5. The zero-order chi connectivity index (χ0) is 18.8. The third kappa shape index (κ3) is 4.55. The molecule has 2 heterocycles. The number of nitrogens with one attached hydrogen (secondary N) is 3. The Bertz CT molecular complexity index is 921. The van der Waals surface area contributed by atoms with Crippen LogP contribution in [-0.2, 0) is 23.1 Å². The van der Waals surface area contributed by atoms with Gasteiger partial charge >= 0.3 is 11.7 Å². The topological polar surface area (TPSA) is 150 Å². The maximum absolute atomic E-state index is 12.1. The fraction of sp³-hybridized carbons (Fsp3) is 0.533. The highest BCUT2D eigenvalue weighted by Crippen LogP contribution is 2.12. The van der Waals surface area contributed by atoms with Crippen molar-refractivity contribution in [2.75, 3.05) is 0 Å². The molecular formula is C15H21N5O5. The van der Waals surface area contributed by atoms with Crippen LogP contribution in [0.25, 0.3) is 11.2 Å². The van der Waals surface area contributed by atoms with Crippen molar-refractivity contribution in [3.63, 3.8) is 0 Å². The van der Waals surface area contributed by atoms with E-state index in [1.54, 1.807) is 13.8 Å². The lowest BCUT2D eigenvalue weighted by Crippen LogP contribution is -2.43. The lowest BCUT2D eigenvalue weighted by molar-refractivity contribution is -0.137. The molecule has 0 atom stereocenters. The summed E-state index contributed by atoms with van der Waals surface area (Å²) in [5.41, 5.74) is -1.35. The van der Waals surface area contributed by atoms with Crippen LogP contribution in [-0.4, -0.2) is 42.0 Å². The first-order valence-corrected chi connectivity index (χ1v) is 7.80. The normalized spacial score (nSPS) is 11.6. The van der Waals surface area contributed by atoms with Crippen molar-refractivity contribution in [2.45, 2.75) is 45.1 Å². The lowest BCUT2D eigenvalue weighted by Gasteiger charge is -2.25. The minimum absolute atomic E-state index is 0.0341. The van der Waals surface area contributed by atoms with Crippen LogP contribution >= 0.6 is 0 Å². The number of carboxylic acid groups (broad SMARTS) is 1. The highest BCUT2D eigenvalue weighted by Gasteiger charge is 2.21. The number of fused-ring (bicyclic) bond motifs is 1. The van der Waals surface area contributed by atoms with Gasteiger partial charge in [0.2, 0.25) is 5.91 Å². The number of H-pyrrole nitrogens is 2. The minimum atomic E-state index is -0.916. The molecule has 0 saturated carbocycles. The number of imidazole rings is 1. The quantitative estimate of drug-likeness (QED) is 0.535. The first-order chi connectivity index (χ1) is 11.6. The SMILES string of the molecule is Cn1c(=O)[nH]c(=O)c2[nH]c(CCC(=O)NC(C)(C)CCC(=O)O)nc21. The molecule has 0 unspecified atom stereocenters. The number of amides is 1. The summed E-state index contributed by atoms with van der Waals surface area (Å²) in [6, 6.07) is 0. The molecule has 0 aliphatic rings. The number of nitrogens with zero attached hydrogens (tertiary/aromatic N) is 2. The van der Waals surface area contributed by atoms with Crippen LogP contribution in [0.1, 0.15) is 38.9 Å². The van der Waals surface area contributed by atoms with E-state index in [1.165, 1.54) is 11.6 Å². The Hall–Kier alpha value is -2.91. The second-order valence-corrected chi connectivity index (χ2v) is 6.53. The molecule has 136 valence electrons. The summed E-state index contributed by atoms with van der Waals surface area (Å²) in [6.07, 6.45) is 0.648. The molecule has 0 aliphatic carbocycles. The predicted octanol–water partition coefficient (Wildman–Crippen LogP) is -0.358. The molecule has 0 aromatic carbocycles. The number of carboxylic acids is 1. The monoisotopic (exact) mass is 351 g/mol. The van der Waals surface area contributed by atoms with E-state index in [9.17, 15) is 19.2 Å². The Morgan fingerprint density at radius 2 is 1.92 bits per heavy atom. The van der Waals surface area contributed by atoms with Crippen LogP contribution in [0.5, 0.6) is 0 Å². The summed E-state index contributed by atoms with van der Waals surface area (Å²) in [5.74, 6) is -0.751. The number of aromatic amines is 2. The largest absolute Gasteiger partial charge is 0.481 e. The zero-order valence-corrected chi connectivity index (χ0v) is 14.3. The second kappa shape index (κ2) is 6.91. The van der Waals surface area contributed by atoms with Crippen LogP contribution in [0.3, 0.4) is 0 Å². The second-order valence-electron chi connectivity index (χ2n) is 6.53. The molecule has 2 rings (SSSR count). The average Bonchev–Trinajstić information content (AvgIpc) is 2.93. The number of rotatable bonds is 7. The van der Waals surface area contributed by atoms with Crippen LogP contribution in [0.15, 0.2) is 9.59 Å². The van der Waals surface area contributed by atoms with Gasteiger partial charge in [-0.1, -0.05) is 0 Å². The fourth-order valence-electron chi connectivity index (χ4n) is 2.42. The molecule has 0 spiro atoms. The van der Waals surface area contributed by atoms with Gasteiger partial charge in [0.25, 0.3) is 5.56 Å². The number of hydrogen-bond donors (Lipinski definition) is 4. The van der Waals surface area contributed by atoms with Crippen LogP contribution in [0, 0.1) is 0 Å². The van der Waals surface area contributed by atoms with Gasteiger partial charge in [0, 0.05) is 31.8 Å². The summed E-state index contributed by atoms with van der Waals surface area (Å²) in [5, 5.41) is 11.5. The predicted molar refractivity (Wildman–Crippen MR) is 89.4 cm³/mol. The molecular weight excluding hydrogens is 330 g/mol. The van der Waals surface area contributed by atoms with E-state index in [-0.39, 0.29) is 36.3 Å². The van der Waals surface area contributed by atoms with E-state index in [0.29, 0.717) is 12.2 Å². The molecule has 0 aliphatic heterocycles. The van der Waals surface area contributed by atoms with Gasteiger partial charge in [-0.05, 0) is 20.3 Å². The van der Waals surface area contributed by atoms with Crippen molar-refractivity contribution in [3.05, 3.63) is 26.7 Å². The summed E-state index contributed by atoms with van der Waals surface area (Å²) < 4.78 is 1.21. The van der Waals surface area contributed by atoms with E-state index in [1.807, 2.05) is 0 Å². The zero-order valence-electron chi connectivity index (χ0n) is 14.3. The third-order valence-corrected chi connectivity index (χ3v) is 3.83. The van der Waals surface area contributed by atoms with Crippen molar-refractivity contribution in [3.8, 4) is 0 Å². The van der Waals surface area contributed by atoms with Gasteiger partial charge in [0.1, 0.15) is 11.3 Å². The first-order valence-electron chi connectivity index (χ1n) is 7.80. The molecule has 0 bridgehead atoms. The van der Waals surface area contributed by atoms with Crippen LogP contribution < -0.4 is 16.6 Å². The van der Waals surface area contributed by atoms with Crippen LogP contribution in [0.4, 0.5) is 0 Å². The first kappa shape index (κ1) is 18.4. The molecule has 0 radical (unpaired) electrons. The lowest BCUT2D eigenvalue weighted by atomic mass is 9.98. The average molecular weight is 351 g/mol. The molecule has 0 fully saturated rings. The Balaban J connectivity index is 2.03. The number of carbonyl (C=O) groups is 2. The van der Waals surface area contributed by atoms with Gasteiger partial charge in [-0.2, -0.15) is 0 Å². The summed E-state index contributed by atoms with van der Waals surface area (Å²) >= 11 is 0. The Morgan fingerprint density at radius 3 is 2.56 bits per heavy atom. The molecule has 0 saturated heterocycles. The van der Waals surface area contributed by atoms with E-state index in [0.717, 1.165) is 0 Å². The molecule has 2 aromatic heterocycles. The standard InChI is InChI=1S/C15H21N5O5/c1-15(2,7-6-10(22)23)19-9(21)5-4-8-16-11-12(17-8)20(3)14(25)18-13(11)24/h4-7H2,1-3H3,(H,16,17)(H,19,21)(H,22,23)(H,18,24,25). The molecule has 10 nitrogen and oxygen atoms in total. The summed E-state index contributed by atoms with van der Waals surface area (Å²) in [7, 11) is 1.49.